The smallest absolute Gasteiger partial charge is 0.162 e. The number of dihydropyridines is 1. The molecule has 8 heteroatoms. The summed E-state index contributed by atoms with van der Waals surface area (Å²) >= 11 is 19.8. The Bertz CT molecular complexity index is 1390. The molecule has 0 amide bonds. The van der Waals surface area contributed by atoms with Crippen LogP contribution in [0.25, 0.3) is 0 Å². The van der Waals surface area contributed by atoms with Crippen LogP contribution in [-0.2, 0) is 16.2 Å². The quantitative estimate of drug-likeness (QED) is 0.350. The van der Waals surface area contributed by atoms with Gasteiger partial charge in [-0.15, -0.1) is 0 Å². The van der Waals surface area contributed by atoms with Gasteiger partial charge in [-0.05, 0) is 63.9 Å². The lowest BCUT2D eigenvalue weighted by Gasteiger charge is -2.44. The Hall–Kier alpha value is -1.60. The Morgan fingerprint density at radius 3 is 2.03 bits per heavy atom. The molecule has 0 saturated heterocycles. The van der Waals surface area contributed by atoms with Gasteiger partial charge in [0.05, 0.1) is 4.47 Å². The fraction of sp³-hybridized carbons (Fsp3) is 0.400. The van der Waals surface area contributed by atoms with Crippen LogP contribution in [0.5, 0.6) is 5.75 Å². The topological polar surface area (TPSA) is 55.4 Å². The van der Waals surface area contributed by atoms with Crippen LogP contribution in [0.15, 0.2) is 61.8 Å². The van der Waals surface area contributed by atoms with Gasteiger partial charge in [-0.3, -0.25) is 9.59 Å². The number of allylic oxidation sites excluding steroid dienone is 4. The molecule has 0 aromatic heterocycles. The fourth-order valence-corrected chi connectivity index (χ4v) is 7.77. The minimum Gasteiger partial charge on any atom is -0.487 e. The first-order valence-corrected chi connectivity index (χ1v) is 14.9. The maximum absolute atomic E-state index is 13.7. The average molecular weight is 682 g/mol. The van der Waals surface area contributed by atoms with Gasteiger partial charge in [-0.2, -0.15) is 0 Å². The zero-order valence-corrected chi connectivity index (χ0v) is 26.4. The first-order valence-electron chi connectivity index (χ1n) is 12.6. The van der Waals surface area contributed by atoms with E-state index in [1.165, 1.54) is 0 Å². The summed E-state index contributed by atoms with van der Waals surface area (Å²) in [6.07, 6.45) is 2.33. The van der Waals surface area contributed by atoms with Crippen LogP contribution in [0, 0.1) is 10.8 Å². The summed E-state index contributed by atoms with van der Waals surface area (Å²) in [6, 6.07) is 9.17. The van der Waals surface area contributed by atoms with Crippen molar-refractivity contribution in [2.75, 3.05) is 0 Å². The van der Waals surface area contributed by atoms with Crippen LogP contribution in [0.2, 0.25) is 10.0 Å². The Balaban J connectivity index is 1.67. The molecule has 0 bridgehead atoms. The number of nitrogens with one attached hydrogen (secondary N) is 1. The molecule has 0 fully saturated rings. The van der Waals surface area contributed by atoms with Crippen molar-refractivity contribution < 1.29 is 14.3 Å². The maximum atomic E-state index is 13.7. The summed E-state index contributed by atoms with van der Waals surface area (Å²) in [5.41, 5.74) is 4.43. The summed E-state index contributed by atoms with van der Waals surface area (Å²) in [7, 11) is 0. The number of hydrogen-bond acceptors (Lipinski definition) is 4. The second-order valence-electron chi connectivity index (χ2n) is 12.1. The Morgan fingerprint density at radius 2 is 1.47 bits per heavy atom. The highest BCUT2D eigenvalue weighted by atomic mass is 79.9. The SMILES string of the molecule is CC1(C)CC(=O)C2=C(C1)NC1=C(C(=O)CC(C)(C)C1)C2c1cc(Br)cc(Br)c1OCc1ccc(Cl)cc1Cl. The van der Waals surface area contributed by atoms with E-state index in [2.05, 4.69) is 64.9 Å². The summed E-state index contributed by atoms with van der Waals surface area (Å²) < 4.78 is 7.96. The third-order valence-electron chi connectivity index (χ3n) is 7.45. The average Bonchev–Trinajstić information content (AvgIpc) is 2.76. The molecule has 0 radical (unpaired) electrons. The number of halogens is 4. The minimum absolute atomic E-state index is 0.0701. The Morgan fingerprint density at radius 1 is 0.895 bits per heavy atom. The lowest BCUT2D eigenvalue weighted by Crippen LogP contribution is -2.42. The molecule has 2 aromatic rings. The van der Waals surface area contributed by atoms with Gasteiger partial charge in [-0.25, -0.2) is 0 Å². The molecule has 0 spiro atoms. The van der Waals surface area contributed by atoms with Gasteiger partial charge < -0.3 is 10.1 Å². The highest BCUT2D eigenvalue weighted by Gasteiger charge is 2.47. The summed E-state index contributed by atoms with van der Waals surface area (Å²) in [6.45, 7) is 8.67. The van der Waals surface area contributed by atoms with E-state index in [9.17, 15) is 9.59 Å². The van der Waals surface area contributed by atoms with E-state index in [0.717, 1.165) is 44.3 Å². The molecular weight excluding hydrogens is 653 g/mol. The van der Waals surface area contributed by atoms with E-state index in [4.69, 9.17) is 27.9 Å². The predicted octanol–water partition coefficient (Wildman–Crippen LogP) is 9.07. The van der Waals surface area contributed by atoms with Crippen molar-refractivity contribution in [3.8, 4) is 5.75 Å². The van der Waals surface area contributed by atoms with Gasteiger partial charge in [-0.1, -0.05) is 72.9 Å². The van der Waals surface area contributed by atoms with Crippen molar-refractivity contribution in [1.82, 2.24) is 5.32 Å². The number of Topliss-reactive ketones (excluding diaryl/α,β-unsaturated/α-hetero) is 2. The van der Waals surface area contributed by atoms with Crippen LogP contribution in [0.4, 0.5) is 0 Å². The zero-order valence-electron chi connectivity index (χ0n) is 21.7. The van der Waals surface area contributed by atoms with E-state index in [1.807, 2.05) is 18.2 Å². The molecule has 1 aliphatic heterocycles. The molecule has 2 aromatic carbocycles. The molecule has 0 saturated carbocycles. The van der Waals surface area contributed by atoms with Crippen molar-refractivity contribution in [2.45, 2.75) is 65.9 Å². The van der Waals surface area contributed by atoms with Gasteiger partial charge in [0.2, 0.25) is 0 Å². The van der Waals surface area contributed by atoms with Crippen molar-refractivity contribution in [1.29, 1.82) is 0 Å². The van der Waals surface area contributed by atoms with Gasteiger partial charge in [0.1, 0.15) is 12.4 Å². The number of carbonyl (C=O) groups excluding carboxylic acids is 2. The molecule has 38 heavy (non-hydrogen) atoms. The second-order valence-corrected chi connectivity index (χ2v) is 14.7. The van der Waals surface area contributed by atoms with Gasteiger partial charge in [0.25, 0.3) is 0 Å². The number of carbonyl (C=O) groups is 2. The Kier molecular flexibility index (Phi) is 7.43. The first kappa shape index (κ1) is 27.9. The van der Waals surface area contributed by atoms with Crippen molar-refractivity contribution in [3.05, 3.63) is 83.0 Å². The lowest BCUT2D eigenvalue weighted by molar-refractivity contribution is -0.119. The number of ketones is 2. The molecule has 1 N–H and O–H groups in total. The Labute approximate surface area is 250 Å². The van der Waals surface area contributed by atoms with Crippen molar-refractivity contribution in [2.24, 2.45) is 10.8 Å². The van der Waals surface area contributed by atoms with E-state index in [0.29, 0.717) is 39.8 Å². The van der Waals surface area contributed by atoms with E-state index < -0.39 is 5.92 Å². The number of ether oxygens (including phenoxy) is 1. The normalized spacial score (nSPS) is 20.7. The molecular formula is C30H29Br2Cl2NO3. The predicted molar refractivity (Wildman–Crippen MR) is 159 cm³/mol. The van der Waals surface area contributed by atoms with E-state index in [-0.39, 0.29) is 29.0 Å². The molecule has 1 heterocycles. The van der Waals surface area contributed by atoms with Gasteiger partial charge >= 0.3 is 0 Å². The molecule has 0 unspecified atom stereocenters. The summed E-state index contributed by atoms with van der Waals surface area (Å²) in [5, 5.41) is 4.64. The highest BCUT2D eigenvalue weighted by molar-refractivity contribution is 9.11. The van der Waals surface area contributed by atoms with E-state index in [1.54, 1.807) is 12.1 Å². The molecule has 0 atom stereocenters. The van der Waals surface area contributed by atoms with Gasteiger partial charge in [0, 0.05) is 66.9 Å². The summed E-state index contributed by atoms with van der Waals surface area (Å²) in [4.78, 5) is 27.5. The number of hydrogen-bond donors (Lipinski definition) is 1. The first-order chi connectivity index (χ1) is 17.7. The summed E-state index contributed by atoms with van der Waals surface area (Å²) in [5.74, 6) is 0.208. The molecule has 5 rings (SSSR count). The standard InChI is InChI=1S/C30H29Br2Cl2NO3/c1-29(2)10-21-26(23(36)12-29)25(27-22(35-21)11-30(3,4)13-24(27)37)18-7-16(31)8-19(32)28(18)38-14-15-5-6-17(33)9-20(15)34/h5-9,25,35H,10-14H2,1-4H3. The molecule has 3 aliphatic rings. The maximum Gasteiger partial charge on any atom is 0.162 e. The van der Waals surface area contributed by atoms with Crippen molar-refractivity contribution in [3.63, 3.8) is 0 Å². The van der Waals surface area contributed by atoms with Crippen LogP contribution >= 0.6 is 55.1 Å². The highest BCUT2D eigenvalue weighted by Crippen LogP contribution is 2.53. The van der Waals surface area contributed by atoms with Crippen molar-refractivity contribution >= 4 is 66.6 Å². The van der Waals surface area contributed by atoms with Gasteiger partial charge in [0.15, 0.2) is 11.6 Å². The lowest BCUT2D eigenvalue weighted by atomic mass is 9.64. The van der Waals surface area contributed by atoms with E-state index >= 15 is 0 Å². The van der Waals surface area contributed by atoms with Crippen LogP contribution in [-0.4, -0.2) is 11.6 Å². The zero-order chi connectivity index (χ0) is 27.6. The third kappa shape index (κ3) is 5.39. The van der Waals surface area contributed by atoms with Crippen LogP contribution < -0.4 is 10.1 Å². The van der Waals surface area contributed by atoms with Crippen LogP contribution in [0.1, 0.15) is 70.4 Å². The fourth-order valence-electron chi connectivity index (χ4n) is 5.94. The largest absolute Gasteiger partial charge is 0.487 e. The monoisotopic (exact) mass is 679 g/mol. The molecule has 2 aliphatic carbocycles. The third-order valence-corrected chi connectivity index (χ3v) is 9.09. The number of rotatable bonds is 4. The molecule has 4 nitrogen and oxygen atoms in total. The second kappa shape index (κ2) is 10.1. The van der Waals surface area contributed by atoms with Crippen LogP contribution in [0.3, 0.4) is 0 Å². The molecule has 200 valence electrons. The minimum atomic E-state index is -0.516. The number of benzene rings is 2.